The Balaban J connectivity index is 2.10. The number of amidine groups is 1. The molecule has 0 unspecified atom stereocenters. The molecule has 0 aliphatic carbocycles. The van der Waals surface area contributed by atoms with Crippen LogP contribution in [0.25, 0.3) is 22.3 Å². The van der Waals surface area contributed by atoms with Crippen LogP contribution in [0.2, 0.25) is 0 Å². The molecule has 0 amide bonds. The van der Waals surface area contributed by atoms with Crippen LogP contribution in [-0.4, -0.2) is 16.0 Å². The molecule has 0 spiro atoms. The number of hydrogen-bond acceptors (Lipinski definition) is 2. The van der Waals surface area contributed by atoms with Crippen molar-refractivity contribution in [2.24, 2.45) is 5.73 Å². The molecular formula is C22H23N2O2+. The number of benzene rings is 3. The van der Waals surface area contributed by atoms with Crippen LogP contribution in [0.15, 0.2) is 60.7 Å². The lowest BCUT2D eigenvalue weighted by Gasteiger charge is -2.14. The number of hydrogen-bond donors (Lipinski definition) is 4. The quantitative estimate of drug-likeness (QED) is 0.422. The highest BCUT2D eigenvalue weighted by Crippen LogP contribution is 2.36. The fourth-order valence-corrected chi connectivity index (χ4v) is 3.01. The van der Waals surface area contributed by atoms with Gasteiger partial charge in [0, 0.05) is 5.56 Å². The topological polar surface area (TPSA) is 92.1 Å². The molecule has 4 heteroatoms. The third kappa shape index (κ3) is 3.70. The van der Waals surface area contributed by atoms with Gasteiger partial charge in [0.1, 0.15) is 11.5 Å². The molecule has 3 rings (SSSR count). The van der Waals surface area contributed by atoms with Gasteiger partial charge in [0.25, 0.3) is 0 Å². The zero-order valence-electron chi connectivity index (χ0n) is 14.7. The summed E-state index contributed by atoms with van der Waals surface area (Å²) < 4.78 is 0. The van der Waals surface area contributed by atoms with Crippen molar-refractivity contribution >= 4 is 5.84 Å². The van der Waals surface area contributed by atoms with E-state index < -0.39 is 0 Å². The molecule has 0 fully saturated rings. The van der Waals surface area contributed by atoms with Gasteiger partial charge in [-0.25, -0.2) is 0 Å². The lowest BCUT2D eigenvalue weighted by atomic mass is 9.92. The molecule has 0 heterocycles. The Labute approximate surface area is 153 Å². The first-order valence-electron chi connectivity index (χ1n) is 8.54. The minimum absolute atomic E-state index is 0.0722. The second kappa shape index (κ2) is 7.31. The smallest absolute Gasteiger partial charge is 0.238 e. The monoisotopic (exact) mass is 347 g/mol. The predicted molar refractivity (Wildman–Crippen MR) is 105 cm³/mol. The molecule has 0 radical (unpaired) electrons. The maximum Gasteiger partial charge on any atom is 0.238 e. The average Bonchev–Trinajstić information content (AvgIpc) is 2.64. The summed E-state index contributed by atoms with van der Waals surface area (Å²) in [5.41, 5.74) is 11.1. The van der Waals surface area contributed by atoms with Crippen molar-refractivity contribution in [2.75, 3.05) is 0 Å². The summed E-state index contributed by atoms with van der Waals surface area (Å²) in [7, 11) is 0. The number of aryl methyl sites for hydroxylation is 1. The van der Waals surface area contributed by atoms with Gasteiger partial charge in [0.2, 0.25) is 5.84 Å². The molecule has 0 aliphatic rings. The Bertz CT molecular complexity index is 927. The van der Waals surface area contributed by atoms with Crippen LogP contribution in [-0.2, 0) is 6.42 Å². The van der Waals surface area contributed by atoms with Crippen LogP contribution in [0.3, 0.4) is 0 Å². The van der Waals surface area contributed by atoms with Gasteiger partial charge < -0.3 is 10.2 Å². The molecule has 0 saturated carbocycles. The number of phenolic OH excluding ortho intramolecular Hbond substituents is 2. The van der Waals surface area contributed by atoms with Crippen molar-refractivity contribution in [1.29, 1.82) is 0 Å². The Morgan fingerprint density at radius 2 is 1.54 bits per heavy atom. The Kier molecular flexibility index (Phi) is 4.94. The van der Waals surface area contributed by atoms with Crippen molar-refractivity contribution in [3.8, 4) is 33.8 Å². The molecule has 132 valence electrons. The van der Waals surface area contributed by atoms with Crippen LogP contribution < -0.4 is 11.1 Å². The third-order valence-corrected chi connectivity index (χ3v) is 4.56. The first-order chi connectivity index (χ1) is 12.5. The summed E-state index contributed by atoms with van der Waals surface area (Å²) in [6.45, 7) is 1.68. The molecule has 3 aromatic rings. The lowest BCUT2D eigenvalue weighted by molar-refractivity contribution is -0.117. The van der Waals surface area contributed by atoms with E-state index in [0.29, 0.717) is 24.2 Å². The fraction of sp³-hybridized carbons (Fsp3) is 0.136. The van der Waals surface area contributed by atoms with E-state index in [0.717, 1.165) is 27.8 Å². The Hall–Kier alpha value is -3.27. The second-order valence-corrected chi connectivity index (χ2v) is 6.45. The lowest BCUT2D eigenvalue weighted by Crippen LogP contribution is -2.45. The number of phenols is 2. The maximum atomic E-state index is 10.1. The van der Waals surface area contributed by atoms with Crippen molar-refractivity contribution in [3.05, 3.63) is 71.8 Å². The third-order valence-electron chi connectivity index (χ3n) is 4.56. The van der Waals surface area contributed by atoms with Crippen molar-refractivity contribution in [2.45, 2.75) is 19.8 Å². The summed E-state index contributed by atoms with van der Waals surface area (Å²) in [6, 6.07) is 19.6. The van der Waals surface area contributed by atoms with Crippen molar-refractivity contribution in [1.82, 2.24) is 0 Å². The highest BCUT2D eigenvalue weighted by molar-refractivity contribution is 5.78. The van der Waals surface area contributed by atoms with Crippen molar-refractivity contribution in [3.63, 3.8) is 0 Å². The molecule has 0 aliphatic heterocycles. The summed E-state index contributed by atoms with van der Waals surface area (Å²) in [5, 5.41) is 25.8. The standard InChI is InChI=1S/C22H22N2O2/c1-14-20(25)12-18(13-21(14)26)19-9-7-16(15-5-3-2-4-6-15)11-17(19)8-10-22(23)24/h2-7,9,11-13,25-26H,8,10H2,1H3,(H3,23,24)/p+1. The van der Waals surface area contributed by atoms with E-state index in [1.165, 1.54) is 0 Å². The second-order valence-electron chi connectivity index (χ2n) is 6.45. The van der Waals surface area contributed by atoms with E-state index in [4.69, 9.17) is 11.1 Å². The number of rotatable bonds is 5. The molecule has 0 bridgehead atoms. The minimum atomic E-state index is 0.0722. The van der Waals surface area contributed by atoms with Gasteiger partial charge in [-0.2, -0.15) is 0 Å². The zero-order valence-corrected chi connectivity index (χ0v) is 14.7. The summed E-state index contributed by atoms with van der Waals surface area (Å²) in [4.78, 5) is 0. The van der Waals surface area contributed by atoms with Crippen LogP contribution >= 0.6 is 0 Å². The summed E-state index contributed by atoms with van der Waals surface area (Å²) in [5.74, 6) is 0.529. The van der Waals surface area contributed by atoms with Gasteiger partial charge in [0.15, 0.2) is 0 Å². The van der Waals surface area contributed by atoms with Gasteiger partial charge in [-0.15, -0.1) is 0 Å². The molecule has 26 heavy (non-hydrogen) atoms. The summed E-state index contributed by atoms with van der Waals surface area (Å²) in [6.07, 6.45) is 1.24. The predicted octanol–water partition coefficient (Wildman–Crippen LogP) is 2.79. The Morgan fingerprint density at radius 3 is 2.15 bits per heavy atom. The average molecular weight is 347 g/mol. The molecule has 4 nitrogen and oxygen atoms in total. The normalized spacial score (nSPS) is 10.7. The van der Waals surface area contributed by atoms with Crippen molar-refractivity contribution < 1.29 is 15.6 Å². The highest BCUT2D eigenvalue weighted by atomic mass is 16.3. The Morgan fingerprint density at radius 1 is 0.885 bits per heavy atom. The van der Waals surface area contributed by atoms with Gasteiger partial charge in [-0.3, -0.25) is 11.1 Å². The van der Waals surface area contributed by atoms with Gasteiger partial charge in [-0.05, 0) is 53.3 Å². The van der Waals surface area contributed by atoms with Crippen LogP contribution in [0.4, 0.5) is 0 Å². The van der Waals surface area contributed by atoms with Gasteiger partial charge in [0.05, 0.1) is 6.42 Å². The minimum Gasteiger partial charge on any atom is -0.508 e. The molecule has 6 N–H and O–H groups in total. The molecule has 3 aromatic carbocycles. The number of aromatic hydroxyl groups is 2. The molecule has 0 saturated heterocycles. The van der Waals surface area contributed by atoms with Crippen LogP contribution in [0.1, 0.15) is 17.5 Å². The van der Waals surface area contributed by atoms with Gasteiger partial charge >= 0.3 is 0 Å². The van der Waals surface area contributed by atoms with E-state index in [2.05, 4.69) is 18.2 Å². The number of nitrogens with two attached hydrogens (primary N) is 2. The summed E-state index contributed by atoms with van der Waals surface area (Å²) >= 11 is 0. The molecule has 0 aromatic heterocycles. The van der Waals surface area contributed by atoms with E-state index in [1.54, 1.807) is 19.1 Å². The van der Waals surface area contributed by atoms with E-state index in [1.807, 2.05) is 30.3 Å². The van der Waals surface area contributed by atoms with E-state index >= 15 is 0 Å². The zero-order chi connectivity index (χ0) is 18.7. The maximum absolute atomic E-state index is 10.1. The fourth-order valence-electron chi connectivity index (χ4n) is 3.01. The van der Waals surface area contributed by atoms with Crippen LogP contribution in [0.5, 0.6) is 11.5 Å². The van der Waals surface area contributed by atoms with Crippen LogP contribution in [0, 0.1) is 6.92 Å². The van der Waals surface area contributed by atoms with E-state index in [-0.39, 0.29) is 11.5 Å². The van der Waals surface area contributed by atoms with E-state index in [9.17, 15) is 10.2 Å². The largest absolute Gasteiger partial charge is 0.508 e. The highest BCUT2D eigenvalue weighted by Gasteiger charge is 2.13. The SMILES string of the molecule is Cc1c(O)cc(-c2ccc(-c3ccccc3)cc2CCC(N)=[NH2+])cc1O. The molecule has 0 atom stereocenters. The first kappa shape index (κ1) is 17.5. The van der Waals surface area contributed by atoms with Gasteiger partial charge in [-0.1, -0.05) is 48.5 Å². The molecular weight excluding hydrogens is 324 g/mol. The first-order valence-corrected chi connectivity index (χ1v) is 8.54.